The predicted molar refractivity (Wildman–Crippen MR) is 84.0 cm³/mol. The van der Waals surface area contributed by atoms with Crippen molar-refractivity contribution in [3.8, 4) is 0 Å². The second-order valence-corrected chi connectivity index (χ2v) is 9.13. The van der Waals surface area contributed by atoms with Gasteiger partial charge in [0.15, 0.2) is 0 Å². The van der Waals surface area contributed by atoms with Gasteiger partial charge in [0.2, 0.25) is 0 Å². The van der Waals surface area contributed by atoms with Crippen LogP contribution in [-0.2, 0) is 0 Å². The summed E-state index contributed by atoms with van der Waals surface area (Å²) in [6.45, 7) is 12.2. The summed E-state index contributed by atoms with van der Waals surface area (Å²) in [7, 11) is 0. The molecule has 1 nitrogen and oxygen atoms in total. The van der Waals surface area contributed by atoms with Gasteiger partial charge in [-0.15, -0.1) is 0 Å². The molecule has 2 rings (SSSR count). The molecule has 0 aliphatic heterocycles. The van der Waals surface area contributed by atoms with Crippen molar-refractivity contribution in [2.75, 3.05) is 0 Å². The molecular weight excluding hydrogens is 230 g/mol. The van der Waals surface area contributed by atoms with E-state index >= 15 is 0 Å². The molecule has 0 bridgehead atoms. The van der Waals surface area contributed by atoms with Crippen LogP contribution in [0.4, 0.5) is 0 Å². The predicted octanol–water partition coefficient (Wildman–Crippen LogP) is 4.99. The molecule has 0 heterocycles. The molecular formula is C18H35N. The first-order valence-electron chi connectivity index (χ1n) is 8.45. The van der Waals surface area contributed by atoms with Gasteiger partial charge in [0.25, 0.3) is 0 Å². The average molecular weight is 265 g/mol. The molecule has 0 spiro atoms. The lowest BCUT2D eigenvalue weighted by Crippen LogP contribution is -2.41. The highest BCUT2D eigenvalue weighted by Crippen LogP contribution is 2.55. The quantitative estimate of drug-likeness (QED) is 0.747. The molecule has 19 heavy (non-hydrogen) atoms. The molecule has 0 aromatic rings. The van der Waals surface area contributed by atoms with Gasteiger partial charge in [-0.05, 0) is 67.6 Å². The van der Waals surface area contributed by atoms with E-state index in [2.05, 4.69) is 34.6 Å². The first-order valence-corrected chi connectivity index (χ1v) is 8.45. The van der Waals surface area contributed by atoms with E-state index in [9.17, 15) is 0 Å². The topological polar surface area (TPSA) is 26.0 Å². The van der Waals surface area contributed by atoms with Crippen LogP contribution in [0, 0.1) is 28.6 Å². The van der Waals surface area contributed by atoms with Crippen molar-refractivity contribution in [3.05, 3.63) is 0 Å². The van der Waals surface area contributed by atoms with Crippen LogP contribution in [0.25, 0.3) is 0 Å². The molecule has 0 aromatic heterocycles. The van der Waals surface area contributed by atoms with Gasteiger partial charge in [0, 0.05) is 6.04 Å². The molecule has 2 aliphatic carbocycles. The van der Waals surface area contributed by atoms with Crippen molar-refractivity contribution in [2.24, 2.45) is 34.3 Å². The monoisotopic (exact) mass is 265 g/mol. The van der Waals surface area contributed by atoms with Crippen LogP contribution in [0.15, 0.2) is 0 Å². The van der Waals surface area contributed by atoms with Crippen molar-refractivity contribution in [1.29, 1.82) is 0 Å². The van der Waals surface area contributed by atoms with E-state index in [1.165, 1.54) is 44.9 Å². The van der Waals surface area contributed by atoms with Crippen LogP contribution >= 0.6 is 0 Å². The number of rotatable bonds is 2. The maximum absolute atomic E-state index is 6.05. The minimum atomic E-state index is 0.375. The van der Waals surface area contributed by atoms with E-state index < -0.39 is 0 Å². The van der Waals surface area contributed by atoms with E-state index in [1.807, 2.05) is 0 Å². The lowest BCUT2D eigenvalue weighted by atomic mass is 9.56. The van der Waals surface area contributed by atoms with Crippen molar-refractivity contribution in [3.63, 3.8) is 0 Å². The Kier molecular flexibility index (Phi) is 4.35. The van der Waals surface area contributed by atoms with Crippen LogP contribution in [0.3, 0.4) is 0 Å². The number of hydrogen-bond acceptors (Lipinski definition) is 1. The van der Waals surface area contributed by atoms with Gasteiger partial charge in [0.1, 0.15) is 0 Å². The van der Waals surface area contributed by atoms with Crippen LogP contribution in [-0.4, -0.2) is 6.04 Å². The third-order valence-electron chi connectivity index (χ3n) is 5.93. The van der Waals surface area contributed by atoms with Gasteiger partial charge in [-0.2, -0.15) is 0 Å². The third kappa shape index (κ3) is 3.74. The molecule has 4 atom stereocenters. The van der Waals surface area contributed by atoms with E-state index in [0.717, 1.165) is 17.8 Å². The summed E-state index contributed by atoms with van der Waals surface area (Å²) in [6, 6.07) is 0.375. The molecule has 2 fully saturated rings. The second-order valence-electron chi connectivity index (χ2n) is 9.13. The number of nitrogens with two attached hydrogens (primary N) is 1. The highest BCUT2D eigenvalue weighted by atomic mass is 14.6. The van der Waals surface area contributed by atoms with Gasteiger partial charge < -0.3 is 5.73 Å². The fraction of sp³-hybridized carbons (Fsp3) is 1.00. The smallest absolute Gasteiger partial charge is 0.00131 e. The molecule has 0 amide bonds. The lowest BCUT2D eigenvalue weighted by molar-refractivity contribution is 0.0117. The maximum atomic E-state index is 6.05. The van der Waals surface area contributed by atoms with Crippen LogP contribution in [0.5, 0.6) is 0 Å². The van der Waals surface area contributed by atoms with Gasteiger partial charge in [0.05, 0.1) is 0 Å². The zero-order chi connectivity index (χ0) is 14.3. The number of hydrogen-bond donors (Lipinski definition) is 1. The zero-order valence-electron chi connectivity index (χ0n) is 13.8. The molecule has 1 heteroatoms. The highest BCUT2D eigenvalue weighted by molar-refractivity contribution is 4.96. The molecule has 0 aromatic carbocycles. The Morgan fingerprint density at radius 2 is 1.84 bits per heavy atom. The van der Waals surface area contributed by atoms with Gasteiger partial charge in [-0.25, -0.2) is 0 Å². The first kappa shape index (κ1) is 15.4. The van der Waals surface area contributed by atoms with Gasteiger partial charge in [-0.3, -0.25) is 0 Å². The summed E-state index contributed by atoms with van der Waals surface area (Å²) in [5.74, 6) is 2.78. The summed E-state index contributed by atoms with van der Waals surface area (Å²) in [6.07, 6.45) is 9.85. The average Bonchev–Trinajstić information content (AvgIpc) is 2.35. The largest absolute Gasteiger partial charge is 0.328 e. The third-order valence-corrected chi connectivity index (χ3v) is 5.93. The van der Waals surface area contributed by atoms with Crippen LogP contribution < -0.4 is 5.73 Å². The molecule has 0 saturated heterocycles. The Bertz CT molecular complexity index is 303. The number of fused-ring (bicyclic) bond motifs is 1. The Morgan fingerprint density at radius 3 is 2.47 bits per heavy atom. The van der Waals surface area contributed by atoms with Crippen molar-refractivity contribution in [1.82, 2.24) is 0 Å². The summed E-state index contributed by atoms with van der Waals surface area (Å²) in [5, 5.41) is 0. The van der Waals surface area contributed by atoms with Crippen LogP contribution in [0.1, 0.15) is 79.6 Å². The summed E-state index contributed by atoms with van der Waals surface area (Å²) >= 11 is 0. The fourth-order valence-electron chi connectivity index (χ4n) is 5.22. The van der Waals surface area contributed by atoms with Crippen molar-refractivity contribution < 1.29 is 0 Å². The first-order chi connectivity index (χ1) is 8.70. The molecule has 2 N–H and O–H groups in total. The fourth-order valence-corrected chi connectivity index (χ4v) is 5.22. The van der Waals surface area contributed by atoms with Gasteiger partial charge in [-0.1, -0.05) is 40.5 Å². The zero-order valence-corrected chi connectivity index (χ0v) is 13.8. The Hall–Kier alpha value is -0.0400. The van der Waals surface area contributed by atoms with Gasteiger partial charge >= 0.3 is 0 Å². The minimum Gasteiger partial charge on any atom is -0.328 e. The molecule has 4 unspecified atom stereocenters. The Labute approximate surface area is 120 Å². The van der Waals surface area contributed by atoms with E-state index in [1.54, 1.807) is 0 Å². The van der Waals surface area contributed by atoms with E-state index in [-0.39, 0.29) is 0 Å². The van der Waals surface area contributed by atoms with Crippen molar-refractivity contribution in [2.45, 2.75) is 85.6 Å². The van der Waals surface area contributed by atoms with Crippen LogP contribution in [0.2, 0.25) is 0 Å². The SMILES string of the molecule is CC(N)CC1CC2CCCC(C)(C)CC2C(C)(C)C1. The summed E-state index contributed by atoms with van der Waals surface area (Å²) < 4.78 is 0. The highest BCUT2D eigenvalue weighted by Gasteiger charge is 2.45. The molecule has 112 valence electrons. The lowest BCUT2D eigenvalue weighted by Gasteiger charge is -2.49. The summed E-state index contributed by atoms with van der Waals surface area (Å²) in [5.41, 5.74) is 7.13. The second kappa shape index (κ2) is 5.39. The van der Waals surface area contributed by atoms with Crippen molar-refractivity contribution >= 4 is 0 Å². The molecule has 2 aliphatic rings. The van der Waals surface area contributed by atoms with E-state index in [0.29, 0.717) is 16.9 Å². The maximum Gasteiger partial charge on any atom is 0.00131 e. The standard InChI is InChI=1S/C18H35N/c1-13(19)9-14-10-15-7-6-8-17(2,3)12-16(15)18(4,5)11-14/h13-16H,6-12,19H2,1-5H3. The normalized spacial score (nSPS) is 39.2. The molecule has 2 saturated carbocycles. The Morgan fingerprint density at radius 1 is 1.16 bits per heavy atom. The minimum absolute atomic E-state index is 0.375. The van der Waals surface area contributed by atoms with E-state index in [4.69, 9.17) is 5.73 Å². The summed E-state index contributed by atoms with van der Waals surface area (Å²) in [4.78, 5) is 0. The molecule has 0 radical (unpaired) electrons. The Balaban J connectivity index is 2.13.